The Kier molecular flexibility index (Phi) is 4.27. The van der Waals surface area contributed by atoms with Crippen LogP contribution in [0.25, 0.3) is 0 Å². The van der Waals surface area contributed by atoms with Crippen molar-refractivity contribution in [2.75, 3.05) is 5.32 Å². The molecular weight excluding hydrogens is 358 g/mol. The highest BCUT2D eigenvalue weighted by atomic mass is 35.5. The third kappa shape index (κ3) is 3.64. The summed E-state index contributed by atoms with van der Waals surface area (Å²) in [5.41, 5.74) is 1.40. The standard InChI is InChI=1S/C22H26ClN3O/c23-19-3-1-15(2-4-19)14-26-6-5-20(25-26)24-21(27)13-22-10-16-7-17(11-22)9-18(8-16)12-22/h1-6,16-18H,7-14H2,(H,24,25,27). The van der Waals surface area contributed by atoms with Gasteiger partial charge in [-0.3, -0.25) is 9.48 Å². The fourth-order valence-electron chi connectivity index (χ4n) is 6.33. The highest BCUT2D eigenvalue weighted by Gasteiger charge is 2.51. The number of aromatic nitrogens is 2. The predicted molar refractivity (Wildman–Crippen MR) is 107 cm³/mol. The summed E-state index contributed by atoms with van der Waals surface area (Å²) in [6, 6.07) is 9.64. The van der Waals surface area contributed by atoms with Crippen molar-refractivity contribution in [1.82, 2.24) is 9.78 Å². The molecule has 1 N–H and O–H groups in total. The van der Waals surface area contributed by atoms with E-state index in [9.17, 15) is 4.79 Å². The molecule has 4 nitrogen and oxygen atoms in total. The molecule has 0 aliphatic heterocycles. The molecule has 4 saturated carbocycles. The first-order valence-electron chi connectivity index (χ1n) is 10.1. The predicted octanol–water partition coefficient (Wildman–Crippen LogP) is 5.13. The highest BCUT2D eigenvalue weighted by molar-refractivity contribution is 6.30. The van der Waals surface area contributed by atoms with Gasteiger partial charge in [0.05, 0.1) is 6.54 Å². The van der Waals surface area contributed by atoms with Gasteiger partial charge in [-0.1, -0.05) is 23.7 Å². The molecule has 1 aromatic carbocycles. The van der Waals surface area contributed by atoms with E-state index < -0.39 is 0 Å². The summed E-state index contributed by atoms with van der Waals surface area (Å²) in [7, 11) is 0. The molecule has 4 fully saturated rings. The van der Waals surface area contributed by atoms with Crippen molar-refractivity contribution >= 4 is 23.3 Å². The van der Waals surface area contributed by atoms with Crippen LogP contribution in [0.2, 0.25) is 5.02 Å². The second-order valence-electron chi connectivity index (χ2n) is 9.17. The fourth-order valence-corrected chi connectivity index (χ4v) is 6.45. The Labute approximate surface area is 165 Å². The average Bonchev–Trinajstić information content (AvgIpc) is 3.02. The highest BCUT2D eigenvalue weighted by Crippen LogP contribution is 2.61. The van der Waals surface area contributed by atoms with E-state index in [1.165, 1.54) is 38.5 Å². The zero-order valence-electron chi connectivity index (χ0n) is 15.5. The number of halogens is 1. The van der Waals surface area contributed by atoms with Crippen molar-refractivity contribution < 1.29 is 4.79 Å². The van der Waals surface area contributed by atoms with Crippen LogP contribution < -0.4 is 5.32 Å². The maximum atomic E-state index is 12.7. The van der Waals surface area contributed by atoms with Gasteiger partial charge in [0.2, 0.25) is 5.91 Å². The first kappa shape index (κ1) is 17.3. The summed E-state index contributed by atoms with van der Waals surface area (Å²) >= 11 is 5.93. The van der Waals surface area contributed by atoms with Gasteiger partial charge in [0.25, 0.3) is 0 Å². The molecule has 0 unspecified atom stereocenters. The van der Waals surface area contributed by atoms with Crippen molar-refractivity contribution in [2.24, 2.45) is 23.2 Å². The van der Waals surface area contributed by atoms with Crippen LogP contribution in [-0.2, 0) is 11.3 Å². The number of hydrogen-bond acceptors (Lipinski definition) is 2. The number of amides is 1. The number of nitrogens with zero attached hydrogens (tertiary/aromatic N) is 2. The maximum absolute atomic E-state index is 12.7. The number of hydrogen-bond donors (Lipinski definition) is 1. The molecule has 2 aromatic rings. The summed E-state index contributed by atoms with van der Waals surface area (Å²) < 4.78 is 1.85. The summed E-state index contributed by atoms with van der Waals surface area (Å²) in [5.74, 6) is 3.42. The van der Waals surface area contributed by atoms with Crippen molar-refractivity contribution in [3.63, 3.8) is 0 Å². The van der Waals surface area contributed by atoms with E-state index in [-0.39, 0.29) is 11.3 Å². The van der Waals surface area contributed by atoms with Crippen LogP contribution >= 0.6 is 11.6 Å². The Hall–Kier alpha value is -1.81. The van der Waals surface area contributed by atoms with E-state index in [1.807, 2.05) is 41.2 Å². The second kappa shape index (κ2) is 6.66. The minimum absolute atomic E-state index is 0.133. The minimum atomic E-state index is 0.133. The molecule has 0 atom stereocenters. The lowest BCUT2D eigenvalue weighted by Crippen LogP contribution is -2.47. The van der Waals surface area contributed by atoms with Crippen LogP contribution in [0.5, 0.6) is 0 Å². The van der Waals surface area contributed by atoms with Gasteiger partial charge >= 0.3 is 0 Å². The molecule has 1 heterocycles. The van der Waals surface area contributed by atoms with Gasteiger partial charge in [-0.25, -0.2) is 0 Å². The second-order valence-corrected chi connectivity index (χ2v) is 9.60. The fraction of sp³-hybridized carbons (Fsp3) is 0.545. The summed E-state index contributed by atoms with van der Waals surface area (Å²) in [6.45, 7) is 0.669. The van der Waals surface area contributed by atoms with Crippen molar-refractivity contribution in [2.45, 2.75) is 51.5 Å². The normalized spacial score (nSPS) is 31.2. The van der Waals surface area contributed by atoms with Crippen LogP contribution in [0.15, 0.2) is 36.5 Å². The number of carbonyl (C=O) groups excluding carboxylic acids is 1. The molecule has 0 radical (unpaired) electrons. The third-order valence-electron chi connectivity index (χ3n) is 6.87. The summed E-state index contributed by atoms with van der Waals surface area (Å²) in [5, 5.41) is 8.29. The molecule has 4 aliphatic rings. The van der Waals surface area contributed by atoms with E-state index in [4.69, 9.17) is 11.6 Å². The molecular formula is C22H26ClN3O. The largest absolute Gasteiger partial charge is 0.309 e. The van der Waals surface area contributed by atoms with Crippen LogP contribution in [-0.4, -0.2) is 15.7 Å². The van der Waals surface area contributed by atoms with E-state index >= 15 is 0 Å². The lowest BCUT2D eigenvalue weighted by Gasteiger charge is -2.56. The van der Waals surface area contributed by atoms with E-state index in [2.05, 4.69) is 10.4 Å². The molecule has 6 rings (SSSR count). The molecule has 27 heavy (non-hydrogen) atoms. The Morgan fingerprint density at radius 2 is 1.70 bits per heavy atom. The number of benzene rings is 1. The molecule has 0 saturated heterocycles. The van der Waals surface area contributed by atoms with E-state index in [0.29, 0.717) is 18.8 Å². The van der Waals surface area contributed by atoms with Crippen molar-refractivity contribution in [3.8, 4) is 0 Å². The first-order valence-corrected chi connectivity index (χ1v) is 10.5. The zero-order chi connectivity index (χ0) is 18.4. The molecule has 1 aromatic heterocycles. The maximum Gasteiger partial charge on any atom is 0.226 e. The zero-order valence-corrected chi connectivity index (χ0v) is 16.3. The van der Waals surface area contributed by atoms with Gasteiger partial charge in [-0.15, -0.1) is 0 Å². The van der Waals surface area contributed by atoms with Gasteiger partial charge in [0, 0.05) is 23.7 Å². The van der Waals surface area contributed by atoms with Gasteiger partial charge < -0.3 is 5.32 Å². The molecule has 1 amide bonds. The Morgan fingerprint density at radius 3 is 2.33 bits per heavy atom. The van der Waals surface area contributed by atoms with E-state index in [1.54, 1.807) is 0 Å². The average molecular weight is 384 g/mol. The van der Waals surface area contributed by atoms with E-state index in [0.717, 1.165) is 28.3 Å². The summed E-state index contributed by atoms with van der Waals surface area (Å²) in [6.07, 6.45) is 10.6. The number of anilines is 1. The third-order valence-corrected chi connectivity index (χ3v) is 7.12. The van der Waals surface area contributed by atoms with Crippen LogP contribution in [0, 0.1) is 23.2 Å². The van der Waals surface area contributed by atoms with Gasteiger partial charge in [0.15, 0.2) is 5.82 Å². The van der Waals surface area contributed by atoms with Crippen LogP contribution in [0.1, 0.15) is 50.5 Å². The number of nitrogens with one attached hydrogen (secondary N) is 1. The van der Waals surface area contributed by atoms with Gasteiger partial charge in [-0.05, 0) is 79.4 Å². The molecule has 0 spiro atoms. The van der Waals surface area contributed by atoms with Crippen LogP contribution in [0.3, 0.4) is 0 Å². The van der Waals surface area contributed by atoms with Crippen molar-refractivity contribution in [3.05, 3.63) is 47.1 Å². The Balaban J connectivity index is 1.20. The number of rotatable bonds is 5. The number of carbonyl (C=O) groups is 1. The quantitative estimate of drug-likeness (QED) is 0.777. The molecule has 5 heteroatoms. The van der Waals surface area contributed by atoms with Crippen molar-refractivity contribution in [1.29, 1.82) is 0 Å². The Bertz CT molecular complexity index is 806. The van der Waals surface area contributed by atoms with Crippen LogP contribution in [0.4, 0.5) is 5.82 Å². The SMILES string of the molecule is O=C(CC12CC3CC(CC(C3)C1)C2)Nc1ccn(Cc2ccc(Cl)cc2)n1. The molecule has 4 bridgehead atoms. The van der Waals surface area contributed by atoms with Gasteiger partial charge in [0.1, 0.15) is 0 Å². The summed E-state index contributed by atoms with van der Waals surface area (Å²) in [4.78, 5) is 12.7. The van der Waals surface area contributed by atoms with Gasteiger partial charge in [-0.2, -0.15) is 5.10 Å². The monoisotopic (exact) mass is 383 g/mol. The lowest BCUT2D eigenvalue weighted by atomic mass is 9.49. The lowest BCUT2D eigenvalue weighted by molar-refractivity contribution is -0.124. The first-order chi connectivity index (χ1) is 13.1. The minimum Gasteiger partial charge on any atom is -0.309 e. The smallest absolute Gasteiger partial charge is 0.226 e. The molecule has 4 aliphatic carbocycles. The topological polar surface area (TPSA) is 46.9 Å². The molecule has 142 valence electrons. The Morgan fingerprint density at radius 1 is 1.07 bits per heavy atom.